The first-order valence-electron chi connectivity index (χ1n) is 8.04. The highest BCUT2D eigenvalue weighted by atomic mass is 79.9. The molecule has 0 aliphatic carbocycles. The Balaban J connectivity index is 1.50. The number of piperazine rings is 1. The Bertz CT molecular complexity index is 704. The van der Waals surface area contributed by atoms with Crippen molar-refractivity contribution in [3.05, 3.63) is 46.2 Å². The summed E-state index contributed by atoms with van der Waals surface area (Å²) in [5.74, 6) is 0. The zero-order valence-corrected chi connectivity index (χ0v) is 16.4. The highest BCUT2D eigenvalue weighted by Gasteiger charge is 2.20. The molecule has 3 rings (SSSR count). The standard InChI is InChI=1S/C17H22BrN5S/c1-13-14(11-21(2)20-13)12-22-7-9-23(10-8-22)17(24)19-16-5-3-15(18)4-6-16/h3-6,11H,7-10,12H2,1-2H3,(H,19,24). The van der Waals surface area contributed by atoms with E-state index in [1.165, 1.54) is 5.56 Å². The van der Waals surface area contributed by atoms with Crippen molar-refractivity contribution in [3.63, 3.8) is 0 Å². The molecule has 1 aliphatic rings. The van der Waals surface area contributed by atoms with Crippen LogP contribution in [-0.2, 0) is 13.6 Å². The second-order valence-electron chi connectivity index (χ2n) is 6.11. The Morgan fingerprint density at radius 1 is 1.21 bits per heavy atom. The van der Waals surface area contributed by atoms with E-state index in [1.807, 2.05) is 36.0 Å². The minimum Gasteiger partial charge on any atom is -0.346 e. The summed E-state index contributed by atoms with van der Waals surface area (Å²) >= 11 is 9.00. The maximum atomic E-state index is 5.55. The average Bonchev–Trinajstić information content (AvgIpc) is 2.88. The normalized spacial score (nSPS) is 15.5. The summed E-state index contributed by atoms with van der Waals surface area (Å²) in [7, 11) is 1.97. The summed E-state index contributed by atoms with van der Waals surface area (Å²) in [6, 6.07) is 8.08. The zero-order valence-electron chi connectivity index (χ0n) is 14.0. The van der Waals surface area contributed by atoms with Gasteiger partial charge in [0.1, 0.15) is 0 Å². The van der Waals surface area contributed by atoms with E-state index >= 15 is 0 Å². The van der Waals surface area contributed by atoms with Gasteiger partial charge in [-0.1, -0.05) is 15.9 Å². The zero-order chi connectivity index (χ0) is 17.1. The van der Waals surface area contributed by atoms with Gasteiger partial charge in [0.15, 0.2) is 5.11 Å². The lowest BCUT2D eigenvalue weighted by Gasteiger charge is -2.36. The third-order valence-corrected chi connectivity index (χ3v) is 5.15. The summed E-state index contributed by atoms with van der Waals surface area (Å²) in [5, 5.41) is 8.54. The number of nitrogens with zero attached hydrogens (tertiary/aromatic N) is 4. The second-order valence-corrected chi connectivity index (χ2v) is 7.42. The third kappa shape index (κ3) is 4.34. The van der Waals surface area contributed by atoms with Gasteiger partial charge in [-0.25, -0.2) is 0 Å². The summed E-state index contributed by atoms with van der Waals surface area (Å²) < 4.78 is 2.95. The molecule has 7 heteroatoms. The van der Waals surface area contributed by atoms with Gasteiger partial charge in [-0.3, -0.25) is 9.58 Å². The van der Waals surface area contributed by atoms with Gasteiger partial charge >= 0.3 is 0 Å². The molecule has 2 heterocycles. The average molecular weight is 408 g/mol. The molecule has 1 saturated heterocycles. The van der Waals surface area contributed by atoms with Crippen LogP contribution in [0.4, 0.5) is 5.69 Å². The number of hydrogen-bond acceptors (Lipinski definition) is 3. The molecule has 1 fully saturated rings. The van der Waals surface area contributed by atoms with Gasteiger partial charge in [-0.2, -0.15) is 5.10 Å². The van der Waals surface area contributed by atoms with E-state index in [1.54, 1.807) is 0 Å². The van der Waals surface area contributed by atoms with Crippen molar-refractivity contribution >= 4 is 38.9 Å². The van der Waals surface area contributed by atoms with E-state index in [4.69, 9.17) is 12.2 Å². The Morgan fingerprint density at radius 3 is 2.46 bits per heavy atom. The fraction of sp³-hybridized carbons (Fsp3) is 0.412. The van der Waals surface area contributed by atoms with Crippen LogP contribution in [0.1, 0.15) is 11.3 Å². The fourth-order valence-corrected chi connectivity index (χ4v) is 3.45. The molecule has 5 nitrogen and oxygen atoms in total. The second kappa shape index (κ2) is 7.63. The number of nitrogens with one attached hydrogen (secondary N) is 1. The molecule has 0 saturated carbocycles. The minimum absolute atomic E-state index is 0.800. The van der Waals surface area contributed by atoms with Gasteiger partial charge in [-0.05, 0) is 43.4 Å². The molecular formula is C17H22BrN5S. The van der Waals surface area contributed by atoms with Gasteiger partial charge in [-0.15, -0.1) is 0 Å². The number of rotatable bonds is 3. The lowest BCUT2D eigenvalue weighted by Crippen LogP contribution is -2.49. The quantitative estimate of drug-likeness (QED) is 0.791. The van der Waals surface area contributed by atoms with Crippen molar-refractivity contribution < 1.29 is 0 Å². The van der Waals surface area contributed by atoms with Crippen LogP contribution in [0.25, 0.3) is 0 Å². The Hall–Kier alpha value is -1.44. The molecule has 0 amide bonds. The van der Waals surface area contributed by atoms with Crippen molar-refractivity contribution in [2.24, 2.45) is 7.05 Å². The SMILES string of the molecule is Cc1nn(C)cc1CN1CCN(C(=S)Nc2ccc(Br)cc2)CC1. The van der Waals surface area contributed by atoms with Crippen molar-refractivity contribution in [3.8, 4) is 0 Å². The molecule has 24 heavy (non-hydrogen) atoms. The first-order chi connectivity index (χ1) is 11.5. The largest absolute Gasteiger partial charge is 0.346 e. The van der Waals surface area contributed by atoms with E-state index in [9.17, 15) is 0 Å². The molecule has 0 atom stereocenters. The summed E-state index contributed by atoms with van der Waals surface area (Å²) in [4.78, 5) is 4.70. The van der Waals surface area contributed by atoms with Crippen LogP contribution >= 0.6 is 28.1 Å². The smallest absolute Gasteiger partial charge is 0.173 e. The number of aromatic nitrogens is 2. The van der Waals surface area contributed by atoms with Gasteiger partial charge in [0.05, 0.1) is 5.69 Å². The van der Waals surface area contributed by atoms with E-state index in [0.29, 0.717) is 0 Å². The van der Waals surface area contributed by atoms with Gasteiger partial charge < -0.3 is 10.2 Å². The van der Waals surface area contributed by atoms with Crippen molar-refractivity contribution in [1.82, 2.24) is 19.6 Å². The van der Waals surface area contributed by atoms with Crippen molar-refractivity contribution in [2.75, 3.05) is 31.5 Å². The lowest BCUT2D eigenvalue weighted by molar-refractivity contribution is 0.176. The van der Waals surface area contributed by atoms with E-state index in [0.717, 1.165) is 53.7 Å². The first kappa shape index (κ1) is 17.4. The Labute approximate surface area is 156 Å². The van der Waals surface area contributed by atoms with Crippen molar-refractivity contribution in [2.45, 2.75) is 13.5 Å². The topological polar surface area (TPSA) is 36.3 Å². The number of thiocarbonyl (C=S) groups is 1. The van der Waals surface area contributed by atoms with Crippen LogP contribution in [-0.4, -0.2) is 50.9 Å². The summed E-state index contributed by atoms with van der Waals surface area (Å²) in [6.45, 7) is 6.94. The molecule has 1 aromatic heterocycles. The molecule has 1 aromatic carbocycles. The summed E-state index contributed by atoms with van der Waals surface area (Å²) in [5.41, 5.74) is 3.45. The molecular weight excluding hydrogens is 386 g/mol. The predicted octanol–water partition coefficient (Wildman–Crippen LogP) is 3.01. The molecule has 2 aromatic rings. The van der Waals surface area contributed by atoms with Gasteiger partial charge in [0.25, 0.3) is 0 Å². The van der Waals surface area contributed by atoms with Crippen LogP contribution in [0.2, 0.25) is 0 Å². The third-order valence-electron chi connectivity index (χ3n) is 4.26. The molecule has 0 bridgehead atoms. The van der Waals surface area contributed by atoms with Crippen molar-refractivity contribution in [1.29, 1.82) is 0 Å². The maximum Gasteiger partial charge on any atom is 0.173 e. The van der Waals surface area contributed by atoms with E-state index in [2.05, 4.69) is 49.3 Å². The van der Waals surface area contributed by atoms with Crippen LogP contribution in [0.3, 0.4) is 0 Å². The monoisotopic (exact) mass is 407 g/mol. The molecule has 0 unspecified atom stereocenters. The number of aryl methyl sites for hydroxylation is 2. The highest BCUT2D eigenvalue weighted by molar-refractivity contribution is 9.10. The van der Waals surface area contributed by atoms with Gasteiger partial charge in [0, 0.05) is 61.7 Å². The summed E-state index contributed by atoms with van der Waals surface area (Å²) in [6.07, 6.45) is 2.11. The Kier molecular flexibility index (Phi) is 5.53. The highest BCUT2D eigenvalue weighted by Crippen LogP contribution is 2.16. The molecule has 128 valence electrons. The minimum atomic E-state index is 0.800. The van der Waals surface area contributed by atoms with Crippen LogP contribution < -0.4 is 5.32 Å². The number of hydrogen-bond donors (Lipinski definition) is 1. The van der Waals surface area contributed by atoms with Crippen LogP contribution in [0, 0.1) is 6.92 Å². The van der Waals surface area contributed by atoms with Gasteiger partial charge in [0.2, 0.25) is 0 Å². The van der Waals surface area contributed by atoms with Crippen LogP contribution in [0.15, 0.2) is 34.9 Å². The molecule has 1 N–H and O–H groups in total. The molecule has 0 spiro atoms. The number of benzene rings is 1. The fourth-order valence-electron chi connectivity index (χ4n) is 2.89. The number of anilines is 1. The Morgan fingerprint density at radius 2 is 1.88 bits per heavy atom. The molecule has 0 radical (unpaired) electrons. The van der Waals surface area contributed by atoms with E-state index < -0.39 is 0 Å². The number of halogens is 1. The van der Waals surface area contributed by atoms with E-state index in [-0.39, 0.29) is 0 Å². The lowest BCUT2D eigenvalue weighted by atomic mass is 10.2. The van der Waals surface area contributed by atoms with Crippen LogP contribution in [0.5, 0.6) is 0 Å². The first-order valence-corrected chi connectivity index (χ1v) is 9.24. The maximum absolute atomic E-state index is 5.55. The molecule has 1 aliphatic heterocycles. The predicted molar refractivity (Wildman–Crippen MR) is 105 cm³/mol.